The van der Waals surface area contributed by atoms with Gasteiger partial charge in [-0.15, -0.1) is 0 Å². The van der Waals surface area contributed by atoms with Crippen molar-refractivity contribution in [1.82, 2.24) is 30.7 Å². The van der Waals surface area contributed by atoms with Crippen molar-refractivity contribution < 1.29 is 18.0 Å². The number of benzene rings is 2. The van der Waals surface area contributed by atoms with Gasteiger partial charge in [-0.25, -0.2) is 4.98 Å². The predicted molar refractivity (Wildman–Crippen MR) is 106 cm³/mol. The smallest absolute Gasteiger partial charge is 0.316 e. The SMILES string of the molecule is CC(=O)C(F)(F)F.CNCc1cccc(-c2n[nH]c3ccc(-c4ncn[nH]4)cc23)c1. The summed E-state index contributed by atoms with van der Waals surface area (Å²) in [5, 5.41) is 18.6. The summed E-state index contributed by atoms with van der Waals surface area (Å²) in [7, 11) is 1.94. The van der Waals surface area contributed by atoms with Crippen LogP contribution in [-0.4, -0.2) is 44.4 Å². The van der Waals surface area contributed by atoms with E-state index >= 15 is 0 Å². The molecule has 0 aliphatic heterocycles. The molecule has 0 aliphatic carbocycles. The number of hydrogen-bond donors (Lipinski definition) is 3. The number of nitrogens with zero attached hydrogens (tertiary/aromatic N) is 3. The number of nitrogens with one attached hydrogen (secondary N) is 3. The highest BCUT2D eigenvalue weighted by molar-refractivity contribution is 5.95. The Bertz CT molecular complexity index is 1140. The maximum Gasteiger partial charge on any atom is 0.449 e. The van der Waals surface area contributed by atoms with Crippen LogP contribution in [0.2, 0.25) is 0 Å². The summed E-state index contributed by atoms with van der Waals surface area (Å²) in [6.45, 7) is 1.32. The monoisotopic (exact) mass is 416 g/mol. The number of carbonyl (C=O) groups is 1. The topological polar surface area (TPSA) is 99.3 Å². The average molecular weight is 416 g/mol. The van der Waals surface area contributed by atoms with Gasteiger partial charge in [-0.05, 0) is 36.9 Å². The van der Waals surface area contributed by atoms with Crippen molar-refractivity contribution in [1.29, 1.82) is 0 Å². The zero-order chi connectivity index (χ0) is 21.7. The number of ketones is 1. The molecule has 0 aliphatic rings. The second-order valence-electron chi connectivity index (χ2n) is 6.45. The van der Waals surface area contributed by atoms with E-state index in [1.807, 2.05) is 19.2 Å². The molecule has 0 saturated heterocycles. The second-order valence-corrected chi connectivity index (χ2v) is 6.45. The van der Waals surface area contributed by atoms with E-state index in [2.05, 4.69) is 61.0 Å². The zero-order valence-corrected chi connectivity index (χ0v) is 16.2. The molecule has 0 bridgehead atoms. The summed E-state index contributed by atoms with van der Waals surface area (Å²) in [5.74, 6) is -1.00. The van der Waals surface area contributed by atoms with Crippen LogP contribution >= 0.6 is 0 Å². The Balaban J connectivity index is 0.000000318. The van der Waals surface area contributed by atoms with Gasteiger partial charge in [0, 0.05) is 30.0 Å². The fraction of sp³-hybridized carbons (Fsp3) is 0.200. The summed E-state index contributed by atoms with van der Waals surface area (Å²) < 4.78 is 32.5. The first-order chi connectivity index (χ1) is 14.3. The van der Waals surface area contributed by atoms with Gasteiger partial charge in [-0.3, -0.25) is 15.0 Å². The Morgan fingerprint density at radius 2 is 1.87 bits per heavy atom. The lowest BCUT2D eigenvalue weighted by Crippen LogP contribution is -2.18. The van der Waals surface area contributed by atoms with Crippen molar-refractivity contribution in [2.75, 3.05) is 7.05 Å². The van der Waals surface area contributed by atoms with Crippen molar-refractivity contribution in [3.8, 4) is 22.6 Å². The van der Waals surface area contributed by atoms with Gasteiger partial charge in [0.25, 0.3) is 0 Å². The van der Waals surface area contributed by atoms with Crippen LogP contribution in [-0.2, 0) is 11.3 Å². The minimum Gasteiger partial charge on any atom is -0.316 e. The number of aromatic nitrogens is 5. The Labute approximate surface area is 169 Å². The highest BCUT2D eigenvalue weighted by Crippen LogP contribution is 2.29. The fourth-order valence-electron chi connectivity index (χ4n) is 2.76. The molecular weight excluding hydrogens is 397 g/mol. The first-order valence-electron chi connectivity index (χ1n) is 8.95. The summed E-state index contributed by atoms with van der Waals surface area (Å²) in [6.07, 6.45) is -3.13. The van der Waals surface area contributed by atoms with Gasteiger partial charge in [0.15, 0.2) is 5.82 Å². The number of carbonyl (C=O) groups excluding carboxylic acids is 1. The van der Waals surface area contributed by atoms with Gasteiger partial charge in [0.1, 0.15) is 6.33 Å². The number of Topliss-reactive ketones (excluding diaryl/α,β-unsaturated/α-hetero) is 1. The third kappa shape index (κ3) is 4.90. The minimum atomic E-state index is -4.64. The van der Waals surface area contributed by atoms with E-state index in [4.69, 9.17) is 0 Å². The van der Waals surface area contributed by atoms with Crippen LogP contribution < -0.4 is 5.32 Å². The number of rotatable bonds is 4. The van der Waals surface area contributed by atoms with Crippen LogP contribution in [0, 0.1) is 0 Å². The Morgan fingerprint density at radius 1 is 1.10 bits per heavy atom. The summed E-state index contributed by atoms with van der Waals surface area (Å²) in [6, 6.07) is 14.5. The molecule has 2 aromatic carbocycles. The first-order valence-corrected chi connectivity index (χ1v) is 8.95. The molecule has 156 valence electrons. The van der Waals surface area contributed by atoms with Crippen molar-refractivity contribution >= 4 is 16.7 Å². The van der Waals surface area contributed by atoms with Gasteiger partial charge >= 0.3 is 6.18 Å². The maximum absolute atomic E-state index is 10.8. The van der Waals surface area contributed by atoms with Crippen LogP contribution in [0.25, 0.3) is 33.5 Å². The van der Waals surface area contributed by atoms with Crippen LogP contribution in [0.5, 0.6) is 0 Å². The third-order valence-corrected chi connectivity index (χ3v) is 4.23. The number of alkyl halides is 3. The van der Waals surface area contributed by atoms with Crippen molar-refractivity contribution in [3.63, 3.8) is 0 Å². The molecule has 0 saturated carbocycles. The summed E-state index contributed by atoms with van der Waals surface area (Å²) >= 11 is 0. The molecule has 2 heterocycles. The van der Waals surface area contributed by atoms with Crippen LogP contribution in [0.3, 0.4) is 0 Å². The van der Waals surface area contributed by atoms with E-state index in [0.29, 0.717) is 6.92 Å². The van der Waals surface area contributed by atoms with E-state index in [1.165, 1.54) is 11.9 Å². The molecule has 10 heteroatoms. The minimum absolute atomic E-state index is 0.486. The summed E-state index contributed by atoms with van der Waals surface area (Å²) in [5.41, 5.74) is 5.26. The molecule has 4 aromatic rings. The van der Waals surface area contributed by atoms with E-state index in [-0.39, 0.29) is 0 Å². The number of H-pyrrole nitrogens is 2. The molecule has 7 nitrogen and oxygen atoms in total. The first kappa shape index (κ1) is 21.2. The average Bonchev–Trinajstić information content (AvgIpc) is 3.38. The molecule has 3 N–H and O–H groups in total. The molecule has 4 rings (SSSR count). The number of fused-ring (bicyclic) bond motifs is 1. The third-order valence-electron chi connectivity index (χ3n) is 4.23. The Morgan fingerprint density at radius 3 is 2.50 bits per heavy atom. The molecular formula is C20H19F3N6O. The second kappa shape index (κ2) is 8.87. The highest BCUT2D eigenvalue weighted by Gasteiger charge is 2.33. The van der Waals surface area contributed by atoms with E-state index < -0.39 is 12.0 Å². The lowest BCUT2D eigenvalue weighted by Gasteiger charge is -2.04. The fourth-order valence-corrected chi connectivity index (χ4v) is 2.76. The van der Waals surface area contributed by atoms with Crippen molar-refractivity contribution in [2.45, 2.75) is 19.6 Å². The molecule has 0 atom stereocenters. The number of halogens is 3. The molecule has 0 fully saturated rings. The highest BCUT2D eigenvalue weighted by atomic mass is 19.4. The molecule has 0 unspecified atom stereocenters. The molecule has 0 amide bonds. The van der Waals surface area contributed by atoms with Crippen molar-refractivity contribution in [2.24, 2.45) is 0 Å². The van der Waals surface area contributed by atoms with Gasteiger partial charge in [0.05, 0.1) is 11.2 Å². The van der Waals surface area contributed by atoms with Gasteiger partial charge in [-0.1, -0.05) is 18.2 Å². The standard InChI is InChI=1S/C17H16N6.C3H3F3O/c1-18-9-11-3-2-4-12(7-11)16-14-8-13(17-19-10-20-23-17)5-6-15(14)21-22-16;1-2(7)3(4,5)6/h2-8,10,18H,9H2,1H3,(H,21,22)(H,19,20,23);1H3. The summed E-state index contributed by atoms with van der Waals surface area (Å²) in [4.78, 5) is 13.6. The molecule has 2 aromatic heterocycles. The largest absolute Gasteiger partial charge is 0.449 e. The van der Waals surface area contributed by atoms with Crippen LogP contribution in [0.1, 0.15) is 12.5 Å². The van der Waals surface area contributed by atoms with E-state index in [1.54, 1.807) is 0 Å². The molecule has 30 heavy (non-hydrogen) atoms. The lowest BCUT2D eigenvalue weighted by atomic mass is 10.0. The van der Waals surface area contributed by atoms with Gasteiger partial charge in [0.2, 0.25) is 5.78 Å². The van der Waals surface area contributed by atoms with Gasteiger partial charge < -0.3 is 5.32 Å². The van der Waals surface area contributed by atoms with Crippen LogP contribution in [0.15, 0.2) is 48.8 Å². The van der Waals surface area contributed by atoms with Gasteiger partial charge in [-0.2, -0.15) is 23.4 Å². The van der Waals surface area contributed by atoms with E-state index in [0.717, 1.165) is 40.1 Å². The van der Waals surface area contributed by atoms with Crippen LogP contribution in [0.4, 0.5) is 13.2 Å². The quantitative estimate of drug-likeness (QED) is 0.469. The predicted octanol–water partition coefficient (Wildman–Crippen LogP) is 3.87. The number of aromatic amines is 2. The Hall–Kier alpha value is -3.53. The van der Waals surface area contributed by atoms with Crippen molar-refractivity contribution in [3.05, 3.63) is 54.4 Å². The molecule has 0 spiro atoms. The maximum atomic E-state index is 10.8. The lowest BCUT2D eigenvalue weighted by molar-refractivity contribution is -0.168. The van der Waals surface area contributed by atoms with E-state index in [9.17, 15) is 18.0 Å². The zero-order valence-electron chi connectivity index (χ0n) is 16.2. The number of hydrogen-bond acceptors (Lipinski definition) is 5. The normalized spacial score (nSPS) is 11.2. The molecule has 0 radical (unpaired) electrons. The Kier molecular flexibility index (Phi) is 6.26.